The molecule has 0 bridgehead atoms. The van der Waals surface area contributed by atoms with Gasteiger partial charge < -0.3 is 19.5 Å². The Morgan fingerprint density at radius 2 is 1.97 bits per heavy atom. The molecule has 196 valence electrons. The molecule has 1 atom stereocenters. The highest BCUT2D eigenvalue weighted by molar-refractivity contribution is 6.00. The van der Waals surface area contributed by atoms with Crippen LogP contribution in [0.15, 0.2) is 54.9 Å². The second-order valence-electron chi connectivity index (χ2n) is 9.65. The fourth-order valence-electron chi connectivity index (χ4n) is 5.04. The zero-order valence-electron chi connectivity index (χ0n) is 22.1. The zero-order chi connectivity index (χ0) is 26.8. The number of nitrogens with zero attached hydrogens (tertiary/aromatic N) is 3. The van der Waals surface area contributed by atoms with Crippen molar-refractivity contribution >= 4 is 5.91 Å². The number of benzene rings is 2. The number of nitrogens with one attached hydrogen (secondary N) is 1. The van der Waals surface area contributed by atoms with Crippen LogP contribution < -0.4 is 9.47 Å². The van der Waals surface area contributed by atoms with Crippen LogP contribution in [0.25, 0.3) is 11.3 Å². The first-order valence-electron chi connectivity index (χ1n) is 12.8. The van der Waals surface area contributed by atoms with Gasteiger partial charge in [0.05, 0.1) is 19.8 Å². The average Bonchev–Trinajstić information content (AvgIpc) is 3.46. The molecule has 4 aromatic rings. The molecule has 2 aromatic heterocycles. The van der Waals surface area contributed by atoms with Crippen LogP contribution in [-0.4, -0.2) is 44.8 Å². The fourth-order valence-corrected chi connectivity index (χ4v) is 5.04. The SMILES string of the molecule is CCCCOc1ccc(C2c3c(-c4cc(C)cc(C)c4O)n[nH]c3C(=O)N2Cc2cccnc2)cc1OC. The number of carbonyl (C=O) groups is 1. The Morgan fingerprint density at radius 3 is 2.71 bits per heavy atom. The lowest BCUT2D eigenvalue weighted by Gasteiger charge is -2.27. The van der Waals surface area contributed by atoms with Gasteiger partial charge in [-0.15, -0.1) is 0 Å². The fraction of sp³-hybridized carbons (Fsp3) is 0.300. The predicted octanol–water partition coefficient (Wildman–Crippen LogP) is 5.73. The highest BCUT2D eigenvalue weighted by atomic mass is 16.5. The van der Waals surface area contributed by atoms with E-state index in [2.05, 4.69) is 22.1 Å². The number of phenolic OH excluding ortho intramolecular Hbond substituents is 1. The van der Waals surface area contributed by atoms with Gasteiger partial charge in [0.2, 0.25) is 0 Å². The van der Waals surface area contributed by atoms with Crippen molar-refractivity contribution in [3.8, 4) is 28.5 Å². The molecule has 0 fully saturated rings. The van der Waals surface area contributed by atoms with Crippen molar-refractivity contribution < 1.29 is 19.4 Å². The predicted molar refractivity (Wildman–Crippen MR) is 145 cm³/mol. The van der Waals surface area contributed by atoms with Crippen LogP contribution in [0.4, 0.5) is 0 Å². The van der Waals surface area contributed by atoms with Crippen LogP contribution in [0, 0.1) is 13.8 Å². The lowest BCUT2D eigenvalue weighted by molar-refractivity contribution is 0.0729. The van der Waals surface area contributed by atoms with E-state index >= 15 is 0 Å². The summed E-state index contributed by atoms with van der Waals surface area (Å²) in [6.45, 7) is 6.91. The molecule has 8 nitrogen and oxygen atoms in total. The molecular weight excluding hydrogens is 480 g/mol. The Kier molecular flexibility index (Phi) is 7.05. The number of aryl methyl sites for hydroxylation is 2. The monoisotopic (exact) mass is 512 g/mol. The number of aromatic nitrogens is 3. The van der Waals surface area contributed by atoms with Crippen LogP contribution in [0.1, 0.15) is 64.1 Å². The largest absolute Gasteiger partial charge is 0.507 e. The van der Waals surface area contributed by atoms with Crippen molar-refractivity contribution in [3.05, 3.63) is 88.4 Å². The number of amides is 1. The van der Waals surface area contributed by atoms with Gasteiger partial charge in [-0.1, -0.05) is 31.5 Å². The number of unbranched alkanes of at least 4 members (excludes halogenated alkanes) is 1. The van der Waals surface area contributed by atoms with E-state index in [0.29, 0.717) is 41.6 Å². The summed E-state index contributed by atoms with van der Waals surface area (Å²) in [6.07, 6.45) is 5.45. The third-order valence-electron chi connectivity index (χ3n) is 6.90. The lowest BCUT2D eigenvalue weighted by atomic mass is 9.93. The van der Waals surface area contributed by atoms with Gasteiger partial charge in [0.25, 0.3) is 5.91 Å². The summed E-state index contributed by atoms with van der Waals surface area (Å²) in [5.74, 6) is 1.24. The standard InChI is InChI=1S/C30H32N4O4/c1-5-6-12-38-23-10-9-21(15-24(23)37-4)28-25-26(22-14-18(2)13-19(3)29(22)35)32-33-27(25)30(36)34(28)17-20-8-7-11-31-16-20/h7-11,13-16,28,35H,5-6,12,17H2,1-4H3,(H,32,33). The van der Waals surface area contributed by atoms with E-state index in [1.807, 2.05) is 56.3 Å². The second kappa shape index (κ2) is 10.6. The Bertz CT molecular complexity index is 1460. The molecule has 1 unspecified atom stereocenters. The first-order valence-corrected chi connectivity index (χ1v) is 12.8. The van der Waals surface area contributed by atoms with Crippen molar-refractivity contribution in [3.63, 3.8) is 0 Å². The molecule has 0 saturated carbocycles. The van der Waals surface area contributed by atoms with Gasteiger partial charge in [0.15, 0.2) is 11.5 Å². The molecule has 38 heavy (non-hydrogen) atoms. The molecule has 5 rings (SSSR count). The van der Waals surface area contributed by atoms with E-state index in [1.54, 1.807) is 24.4 Å². The quantitative estimate of drug-likeness (QED) is 0.278. The third-order valence-corrected chi connectivity index (χ3v) is 6.90. The Balaban J connectivity index is 1.65. The van der Waals surface area contributed by atoms with E-state index in [9.17, 15) is 9.90 Å². The maximum absolute atomic E-state index is 13.8. The maximum Gasteiger partial charge on any atom is 0.273 e. The molecule has 0 aliphatic carbocycles. The number of rotatable bonds is 9. The minimum absolute atomic E-state index is 0.152. The van der Waals surface area contributed by atoms with Crippen LogP contribution >= 0.6 is 0 Å². The Hall–Kier alpha value is -4.33. The first-order chi connectivity index (χ1) is 18.4. The molecule has 0 spiro atoms. The number of hydrogen-bond acceptors (Lipinski definition) is 6. The van der Waals surface area contributed by atoms with Crippen LogP contribution in [0.2, 0.25) is 0 Å². The van der Waals surface area contributed by atoms with Crippen LogP contribution in [-0.2, 0) is 6.54 Å². The minimum atomic E-state index is -0.467. The normalized spacial score (nSPS) is 14.6. The number of pyridine rings is 1. The smallest absolute Gasteiger partial charge is 0.273 e. The van der Waals surface area contributed by atoms with Gasteiger partial charge in [-0.05, 0) is 66.8 Å². The van der Waals surface area contributed by atoms with Gasteiger partial charge >= 0.3 is 0 Å². The number of aromatic hydroxyl groups is 1. The number of carbonyl (C=O) groups excluding carboxylic acids is 1. The number of ether oxygens (including phenoxy) is 2. The minimum Gasteiger partial charge on any atom is -0.507 e. The molecule has 2 aromatic carbocycles. The molecule has 3 heterocycles. The van der Waals surface area contributed by atoms with Crippen molar-refractivity contribution in [1.29, 1.82) is 0 Å². The number of aromatic amines is 1. The highest BCUT2D eigenvalue weighted by Gasteiger charge is 2.43. The topological polar surface area (TPSA) is 101 Å². The summed E-state index contributed by atoms with van der Waals surface area (Å²) in [5, 5.41) is 18.5. The summed E-state index contributed by atoms with van der Waals surface area (Å²) in [6, 6.07) is 12.9. The van der Waals surface area contributed by atoms with E-state index < -0.39 is 6.04 Å². The van der Waals surface area contributed by atoms with E-state index in [4.69, 9.17) is 9.47 Å². The van der Waals surface area contributed by atoms with E-state index in [-0.39, 0.29) is 11.7 Å². The average molecular weight is 513 g/mol. The van der Waals surface area contributed by atoms with Crippen molar-refractivity contribution in [2.75, 3.05) is 13.7 Å². The number of methoxy groups -OCH3 is 1. The van der Waals surface area contributed by atoms with Gasteiger partial charge in [-0.3, -0.25) is 14.9 Å². The molecule has 8 heteroatoms. The molecule has 2 N–H and O–H groups in total. The molecule has 1 amide bonds. The second-order valence-corrected chi connectivity index (χ2v) is 9.65. The summed E-state index contributed by atoms with van der Waals surface area (Å²) in [7, 11) is 1.61. The number of H-pyrrole nitrogens is 1. The molecule has 0 saturated heterocycles. The summed E-state index contributed by atoms with van der Waals surface area (Å²) in [4.78, 5) is 19.8. The van der Waals surface area contributed by atoms with Crippen molar-refractivity contribution in [1.82, 2.24) is 20.1 Å². The van der Waals surface area contributed by atoms with Crippen LogP contribution in [0.3, 0.4) is 0 Å². The van der Waals surface area contributed by atoms with Crippen molar-refractivity contribution in [2.24, 2.45) is 0 Å². The summed E-state index contributed by atoms with van der Waals surface area (Å²) >= 11 is 0. The highest BCUT2D eigenvalue weighted by Crippen LogP contribution is 2.47. The zero-order valence-corrected chi connectivity index (χ0v) is 22.1. The molecule has 0 radical (unpaired) electrons. The summed E-state index contributed by atoms with van der Waals surface area (Å²) in [5.41, 5.74) is 5.79. The van der Waals surface area contributed by atoms with Crippen molar-refractivity contribution in [2.45, 2.75) is 46.2 Å². The molecular formula is C30H32N4O4. The number of fused-ring (bicyclic) bond motifs is 1. The van der Waals surface area contributed by atoms with Gasteiger partial charge in [0.1, 0.15) is 17.1 Å². The van der Waals surface area contributed by atoms with Gasteiger partial charge in [0, 0.05) is 30.1 Å². The maximum atomic E-state index is 13.8. The van der Waals surface area contributed by atoms with E-state index in [0.717, 1.165) is 40.7 Å². The summed E-state index contributed by atoms with van der Waals surface area (Å²) < 4.78 is 11.6. The Labute approximate surface area is 222 Å². The lowest BCUT2D eigenvalue weighted by Crippen LogP contribution is -2.29. The van der Waals surface area contributed by atoms with E-state index in [1.165, 1.54) is 0 Å². The third kappa shape index (κ3) is 4.58. The number of hydrogen-bond donors (Lipinski definition) is 2. The van der Waals surface area contributed by atoms with Gasteiger partial charge in [-0.2, -0.15) is 5.10 Å². The number of phenols is 1. The molecule has 1 aliphatic rings. The van der Waals surface area contributed by atoms with Gasteiger partial charge in [-0.25, -0.2) is 0 Å². The first kappa shape index (κ1) is 25.3. The van der Waals surface area contributed by atoms with Crippen LogP contribution in [0.5, 0.6) is 17.2 Å². The molecule has 1 aliphatic heterocycles. The Morgan fingerprint density at radius 1 is 1.13 bits per heavy atom.